The van der Waals surface area contributed by atoms with Crippen LogP contribution in [0.2, 0.25) is 0 Å². The molecule has 17 heavy (non-hydrogen) atoms. The second kappa shape index (κ2) is 6.20. The summed E-state index contributed by atoms with van der Waals surface area (Å²) in [5.74, 6) is -1.25. The molecule has 1 rings (SSSR count). The van der Waals surface area contributed by atoms with Crippen LogP contribution in [0.4, 0.5) is 10.1 Å². The average Bonchev–Trinajstić information content (AvgIpc) is 2.29. The molecule has 1 aromatic rings. The molecule has 1 aromatic carbocycles. The minimum Gasteiger partial charge on any atom is -0.508 e. The summed E-state index contributed by atoms with van der Waals surface area (Å²) in [5.41, 5.74) is 0.0333. The highest BCUT2D eigenvalue weighted by molar-refractivity contribution is 5.94. The topological polar surface area (TPSA) is 58.6 Å². The van der Waals surface area contributed by atoms with E-state index in [0.29, 0.717) is 13.0 Å². The molecule has 0 fully saturated rings. The number of hydrogen-bond acceptors (Lipinski definition) is 3. The number of hydrogen-bond donors (Lipinski definition) is 2. The molecular weight excluding hydrogens is 225 g/mol. The van der Waals surface area contributed by atoms with Crippen molar-refractivity contribution in [3.05, 3.63) is 24.0 Å². The zero-order valence-corrected chi connectivity index (χ0v) is 9.87. The lowest BCUT2D eigenvalue weighted by Gasteiger charge is -2.15. The Labute approximate surface area is 99.4 Å². The molecule has 0 aliphatic heterocycles. The van der Waals surface area contributed by atoms with Crippen molar-refractivity contribution in [1.29, 1.82) is 0 Å². The van der Waals surface area contributed by atoms with Gasteiger partial charge in [0.1, 0.15) is 17.7 Å². The largest absolute Gasteiger partial charge is 0.508 e. The second-order valence-corrected chi connectivity index (χ2v) is 3.51. The predicted molar refractivity (Wildman–Crippen MR) is 62.4 cm³/mol. The first-order valence-corrected chi connectivity index (χ1v) is 5.49. The van der Waals surface area contributed by atoms with Gasteiger partial charge in [0, 0.05) is 12.7 Å². The van der Waals surface area contributed by atoms with Crippen LogP contribution in [-0.2, 0) is 9.53 Å². The van der Waals surface area contributed by atoms with Crippen LogP contribution < -0.4 is 5.32 Å². The maximum Gasteiger partial charge on any atom is 0.253 e. The molecule has 94 valence electrons. The lowest BCUT2D eigenvalue weighted by Crippen LogP contribution is -2.30. The standard InChI is InChI=1S/C12H16FNO3/c1-3-11(17-4-2)12(16)14-10-6-5-8(15)7-9(10)13/h5-7,11,15H,3-4H2,1-2H3,(H,14,16)/t11-/m0/s1. The molecule has 5 heteroatoms. The van der Waals surface area contributed by atoms with Crippen LogP contribution >= 0.6 is 0 Å². The van der Waals surface area contributed by atoms with Gasteiger partial charge in [-0.2, -0.15) is 0 Å². The van der Waals surface area contributed by atoms with E-state index in [4.69, 9.17) is 9.84 Å². The Morgan fingerprint density at radius 3 is 2.76 bits per heavy atom. The van der Waals surface area contributed by atoms with Crippen LogP contribution in [0.15, 0.2) is 18.2 Å². The Balaban J connectivity index is 2.73. The summed E-state index contributed by atoms with van der Waals surface area (Å²) in [6.07, 6.45) is -0.0764. The molecule has 0 saturated heterocycles. The number of nitrogens with one attached hydrogen (secondary N) is 1. The van der Waals surface area contributed by atoms with Crippen LogP contribution in [0.3, 0.4) is 0 Å². The van der Waals surface area contributed by atoms with E-state index in [0.717, 1.165) is 6.07 Å². The van der Waals surface area contributed by atoms with Gasteiger partial charge < -0.3 is 15.2 Å². The summed E-state index contributed by atoms with van der Waals surface area (Å²) >= 11 is 0. The molecule has 2 N–H and O–H groups in total. The number of aromatic hydroxyl groups is 1. The molecule has 0 unspecified atom stereocenters. The van der Waals surface area contributed by atoms with Gasteiger partial charge in [0.2, 0.25) is 0 Å². The molecule has 4 nitrogen and oxygen atoms in total. The Hall–Kier alpha value is -1.62. The zero-order chi connectivity index (χ0) is 12.8. The van der Waals surface area contributed by atoms with E-state index in [1.165, 1.54) is 12.1 Å². The van der Waals surface area contributed by atoms with Crippen LogP contribution in [0, 0.1) is 5.82 Å². The van der Waals surface area contributed by atoms with Crippen LogP contribution in [0.25, 0.3) is 0 Å². The van der Waals surface area contributed by atoms with E-state index in [1.807, 2.05) is 6.92 Å². The summed E-state index contributed by atoms with van der Waals surface area (Å²) in [4.78, 5) is 11.7. The highest BCUT2D eigenvalue weighted by Gasteiger charge is 2.17. The molecule has 0 aliphatic rings. The predicted octanol–water partition coefficient (Wildman–Crippen LogP) is 2.28. The number of carbonyl (C=O) groups excluding carboxylic acids is 1. The Morgan fingerprint density at radius 1 is 1.53 bits per heavy atom. The van der Waals surface area contributed by atoms with E-state index in [2.05, 4.69) is 5.32 Å². The molecule has 0 radical (unpaired) electrons. The lowest BCUT2D eigenvalue weighted by atomic mass is 10.2. The first-order valence-electron chi connectivity index (χ1n) is 5.49. The smallest absolute Gasteiger partial charge is 0.253 e. The summed E-state index contributed by atoms with van der Waals surface area (Å²) in [6, 6.07) is 3.55. The number of benzene rings is 1. The number of rotatable bonds is 5. The fraction of sp³-hybridized carbons (Fsp3) is 0.417. The fourth-order valence-electron chi connectivity index (χ4n) is 1.40. The third kappa shape index (κ3) is 3.71. The van der Waals surface area contributed by atoms with Crippen LogP contribution in [-0.4, -0.2) is 23.7 Å². The number of phenolic OH excluding ortho intramolecular Hbond substituents is 1. The van der Waals surface area contributed by atoms with Gasteiger partial charge in [0.25, 0.3) is 5.91 Å². The van der Waals surface area contributed by atoms with Crippen LogP contribution in [0.5, 0.6) is 5.75 Å². The summed E-state index contributed by atoms with van der Waals surface area (Å²) in [7, 11) is 0. The highest BCUT2D eigenvalue weighted by atomic mass is 19.1. The molecule has 0 heterocycles. The molecule has 0 spiro atoms. The van der Waals surface area contributed by atoms with Gasteiger partial charge in [0.05, 0.1) is 5.69 Å². The fourth-order valence-corrected chi connectivity index (χ4v) is 1.40. The van der Waals surface area contributed by atoms with E-state index in [-0.39, 0.29) is 17.3 Å². The second-order valence-electron chi connectivity index (χ2n) is 3.51. The number of amides is 1. The number of ether oxygens (including phenoxy) is 1. The molecule has 1 atom stereocenters. The van der Waals surface area contributed by atoms with E-state index in [1.54, 1.807) is 6.92 Å². The molecule has 0 bridgehead atoms. The normalized spacial score (nSPS) is 12.2. The summed E-state index contributed by atoms with van der Waals surface area (Å²) in [5, 5.41) is 11.5. The SMILES string of the molecule is CCO[C@@H](CC)C(=O)Nc1ccc(O)cc1F. The van der Waals surface area contributed by atoms with Crippen molar-refractivity contribution in [1.82, 2.24) is 0 Å². The number of halogens is 1. The number of carbonyl (C=O) groups is 1. The van der Waals surface area contributed by atoms with E-state index >= 15 is 0 Å². The number of anilines is 1. The Kier molecular flexibility index (Phi) is 4.90. The van der Waals surface area contributed by atoms with E-state index < -0.39 is 11.9 Å². The quantitative estimate of drug-likeness (QED) is 0.777. The van der Waals surface area contributed by atoms with Gasteiger partial charge in [-0.25, -0.2) is 4.39 Å². The van der Waals surface area contributed by atoms with Crippen molar-refractivity contribution in [3.63, 3.8) is 0 Å². The van der Waals surface area contributed by atoms with Crippen molar-refractivity contribution < 1.29 is 19.0 Å². The van der Waals surface area contributed by atoms with Gasteiger partial charge in [-0.15, -0.1) is 0 Å². The average molecular weight is 241 g/mol. The third-order valence-corrected chi connectivity index (χ3v) is 2.24. The molecule has 0 saturated carbocycles. The first kappa shape index (κ1) is 13.4. The highest BCUT2D eigenvalue weighted by Crippen LogP contribution is 2.19. The Morgan fingerprint density at radius 2 is 2.24 bits per heavy atom. The van der Waals surface area contributed by atoms with Gasteiger partial charge >= 0.3 is 0 Å². The number of phenols is 1. The van der Waals surface area contributed by atoms with Crippen molar-refractivity contribution in [2.75, 3.05) is 11.9 Å². The van der Waals surface area contributed by atoms with Gasteiger partial charge in [-0.1, -0.05) is 6.92 Å². The van der Waals surface area contributed by atoms with Gasteiger partial charge in [0.15, 0.2) is 0 Å². The molecule has 1 amide bonds. The lowest BCUT2D eigenvalue weighted by molar-refractivity contribution is -0.127. The van der Waals surface area contributed by atoms with Gasteiger partial charge in [-0.3, -0.25) is 4.79 Å². The van der Waals surface area contributed by atoms with Crippen molar-refractivity contribution in [2.24, 2.45) is 0 Å². The molecule has 0 aliphatic carbocycles. The monoisotopic (exact) mass is 241 g/mol. The molecule has 0 aromatic heterocycles. The minimum atomic E-state index is -0.676. The van der Waals surface area contributed by atoms with Crippen molar-refractivity contribution >= 4 is 11.6 Å². The van der Waals surface area contributed by atoms with Crippen molar-refractivity contribution in [2.45, 2.75) is 26.4 Å². The molecular formula is C12H16FNO3. The summed E-state index contributed by atoms with van der Waals surface area (Å²) < 4.78 is 18.6. The maximum atomic E-state index is 13.3. The van der Waals surface area contributed by atoms with Crippen molar-refractivity contribution in [3.8, 4) is 5.75 Å². The van der Waals surface area contributed by atoms with Crippen LogP contribution in [0.1, 0.15) is 20.3 Å². The Bertz CT molecular complexity index is 395. The van der Waals surface area contributed by atoms with E-state index in [9.17, 15) is 9.18 Å². The third-order valence-electron chi connectivity index (χ3n) is 2.24. The van der Waals surface area contributed by atoms with Gasteiger partial charge in [-0.05, 0) is 25.5 Å². The zero-order valence-electron chi connectivity index (χ0n) is 9.87. The first-order chi connectivity index (χ1) is 8.08. The summed E-state index contributed by atoms with van der Waals surface area (Å²) in [6.45, 7) is 4.02. The maximum absolute atomic E-state index is 13.3. The minimum absolute atomic E-state index is 0.0333.